The number of hydrogen-bond acceptors (Lipinski definition) is 4. The predicted octanol–water partition coefficient (Wildman–Crippen LogP) is 3.23. The van der Waals surface area contributed by atoms with Crippen LogP contribution in [0.15, 0.2) is 18.2 Å². The van der Waals surface area contributed by atoms with Crippen LogP contribution in [0.5, 0.6) is 5.75 Å². The van der Waals surface area contributed by atoms with Crippen LogP contribution in [-0.4, -0.2) is 47.9 Å². The molecule has 1 heterocycles. The smallest absolute Gasteiger partial charge is 0.170 e. The highest BCUT2D eigenvalue weighted by Crippen LogP contribution is 2.30. The SMILES string of the molecule is COc1cccc(F)c1C(=O)CCN1CCSC(C)(C)C1. The van der Waals surface area contributed by atoms with Gasteiger partial charge in [-0.2, -0.15) is 11.8 Å². The number of nitrogens with zero attached hydrogens (tertiary/aromatic N) is 1. The van der Waals surface area contributed by atoms with E-state index in [0.717, 1.165) is 18.8 Å². The minimum Gasteiger partial charge on any atom is -0.496 e. The Bertz CT molecular complexity index is 519. The summed E-state index contributed by atoms with van der Waals surface area (Å²) in [5, 5.41) is 0. The molecule has 0 atom stereocenters. The van der Waals surface area contributed by atoms with Crippen LogP contribution in [-0.2, 0) is 0 Å². The molecule has 0 amide bonds. The van der Waals surface area contributed by atoms with Gasteiger partial charge < -0.3 is 9.64 Å². The van der Waals surface area contributed by atoms with Crippen LogP contribution in [0.3, 0.4) is 0 Å². The molecule has 1 aromatic rings. The number of Topliss-reactive ketones (excluding diaryl/α,β-unsaturated/α-hetero) is 1. The fourth-order valence-corrected chi connectivity index (χ4v) is 3.81. The average Bonchev–Trinajstić information content (AvgIpc) is 2.43. The van der Waals surface area contributed by atoms with Crippen LogP contribution in [0.1, 0.15) is 30.6 Å². The lowest BCUT2D eigenvalue weighted by Crippen LogP contribution is -2.43. The van der Waals surface area contributed by atoms with Crippen LogP contribution in [0, 0.1) is 5.82 Å². The number of carbonyl (C=O) groups excluding carboxylic acids is 1. The summed E-state index contributed by atoms with van der Waals surface area (Å²) in [5.41, 5.74) is 0.0747. The highest BCUT2D eigenvalue weighted by molar-refractivity contribution is 8.00. The van der Waals surface area contributed by atoms with Gasteiger partial charge in [0, 0.05) is 36.6 Å². The van der Waals surface area contributed by atoms with Gasteiger partial charge in [0.1, 0.15) is 11.6 Å². The molecule has 1 aromatic carbocycles. The molecular formula is C16H22FNO2S. The second-order valence-electron chi connectivity index (χ2n) is 5.87. The van der Waals surface area contributed by atoms with Gasteiger partial charge in [0.25, 0.3) is 0 Å². The van der Waals surface area contributed by atoms with Crippen molar-refractivity contribution >= 4 is 17.5 Å². The Hall–Kier alpha value is -1.07. The first-order chi connectivity index (χ1) is 9.93. The molecule has 21 heavy (non-hydrogen) atoms. The van der Waals surface area contributed by atoms with Crippen molar-refractivity contribution < 1.29 is 13.9 Å². The van der Waals surface area contributed by atoms with Crippen LogP contribution >= 0.6 is 11.8 Å². The maximum atomic E-state index is 13.9. The molecule has 0 N–H and O–H groups in total. The predicted molar refractivity (Wildman–Crippen MR) is 84.9 cm³/mol. The lowest BCUT2D eigenvalue weighted by Gasteiger charge is -2.37. The largest absolute Gasteiger partial charge is 0.496 e. The standard InChI is InChI=1S/C16H22FNO2S/c1-16(2)11-18(9-10-21-16)8-7-13(19)15-12(17)5-4-6-14(15)20-3/h4-6H,7-11H2,1-3H3. The fourth-order valence-electron chi connectivity index (χ4n) is 2.63. The van der Waals surface area contributed by atoms with Gasteiger partial charge in [-0.1, -0.05) is 6.07 Å². The second kappa shape index (κ2) is 6.79. The summed E-state index contributed by atoms with van der Waals surface area (Å²) >= 11 is 1.96. The number of rotatable bonds is 5. The summed E-state index contributed by atoms with van der Waals surface area (Å²) in [4.78, 5) is 14.6. The minimum atomic E-state index is -0.506. The van der Waals surface area contributed by atoms with E-state index in [0.29, 0.717) is 18.7 Å². The molecule has 1 aliphatic rings. The van der Waals surface area contributed by atoms with E-state index in [1.807, 2.05) is 11.8 Å². The maximum absolute atomic E-state index is 13.9. The zero-order valence-corrected chi connectivity index (χ0v) is 13.6. The highest BCUT2D eigenvalue weighted by Gasteiger charge is 2.27. The summed E-state index contributed by atoms with van der Waals surface area (Å²) in [6.45, 7) is 7.03. The second-order valence-corrected chi connectivity index (χ2v) is 7.68. The molecule has 2 rings (SSSR count). The van der Waals surface area contributed by atoms with Crippen LogP contribution in [0.4, 0.5) is 4.39 Å². The van der Waals surface area contributed by atoms with Gasteiger partial charge in [-0.25, -0.2) is 4.39 Å². The van der Waals surface area contributed by atoms with E-state index in [4.69, 9.17) is 4.74 Å². The topological polar surface area (TPSA) is 29.5 Å². The molecule has 0 saturated carbocycles. The number of benzene rings is 1. The lowest BCUT2D eigenvalue weighted by molar-refractivity contribution is 0.0955. The van der Waals surface area contributed by atoms with Gasteiger partial charge in [-0.15, -0.1) is 0 Å². The van der Waals surface area contributed by atoms with E-state index < -0.39 is 5.82 Å². The van der Waals surface area contributed by atoms with Crippen molar-refractivity contribution in [2.75, 3.05) is 32.5 Å². The number of ether oxygens (including phenoxy) is 1. The van der Waals surface area contributed by atoms with E-state index in [-0.39, 0.29) is 16.1 Å². The number of methoxy groups -OCH3 is 1. The maximum Gasteiger partial charge on any atom is 0.170 e. The van der Waals surface area contributed by atoms with Crippen molar-refractivity contribution in [2.45, 2.75) is 25.0 Å². The third kappa shape index (κ3) is 4.20. The van der Waals surface area contributed by atoms with Gasteiger partial charge in [-0.3, -0.25) is 4.79 Å². The number of carbonyl (C=O) groups is 1. The lowest BCUT2D eigenvalue weighted by atomic mass is 10.1. The molecule has 116 valence electrons. The summed E-state index contributed by atoms with van der Waals surface area (Å²) in [6.07, 6.45) is 0.317. The van der Waals surface area contributed by atoms with Gasteiger partial charge in [0.2, 0.25) is 0 Å². The molecule has 0 aromatic heterocycles. The third-order valence-corrected chi connectivity index (χ3v) is 4.93. The number of ketones is 1. The van der Waals surface area contributed by atoms with E-state index in [1.165, 1.54) is 13.2 Å². The van der Waals surface area contributed by atoms with Crippen molar-refractivity contribution in [2.24, 2.45) is 0 Å². The summed E-state index contributed by atoms with van der Waals surface area (Å²) in [6, 6.07) is 4.47. The van der Waals surface area contributed by atoms with Crippen molar-refractivity contribution in [1.29, 1.82) is 0 Å². The molecule has 1 aliphatic heterocycles. The third-order valence-electron chi connectivity index (χ3n) is 3.63. The van der Waals surface area contributed by atoms with Crippen molar-refractivity contribution in [3.63, 3.8) is 0 Å². The fraction of sp³-hybridized carbons (Fsp3) is 0.562. The Morgan fingerprint density at radius 2 is 2.24 bits per heavy atom. The van der Waals surface area contributed by atoms with Crippen molar-refractivity contribution in [3.8, 4) is 5.75 Å². The molecule has 0 radical (unpaired) electrons. The van der Waals surface area contributed by atoms with E-state index >= 15 is 0 Å². The molecule has 1 fully saturated rings. The van der Waals surface area contributed by atoms with Crippen LogP contribution in [0.2, 0.25) is 0 Å². The monoisotopic (exact) mass is 311 g/mol. The molecule has 0 spiro atoms. The summed E-state index contributed by atoms with van der Waals surface area (Å²) in [5.74, 6) is 0.689. The molecule has 0 aliphatic carbocycles. The quantitative estimate of drug-likeness (QED) is 0.781. The normalized spacial score (nSPS) is 18.5. The van der Waals surface area contributed by atoms with Crippen LogP contribution < -0.4 is 4.74 Å². The summed E-state index contributed by atoms with van der Waals surface area (Å²) in [7, 11) is 1.45. The molecule has 3 nitrogen and oxygen atoms in total. The molecular weight excluding hydrogens is 289 g/mol. The highest BCUT2D eigenvalue weighted by atomic mass is 32.2. The first kappa shape index (κ1) is 16.3. The van der Waals surface area contributed by atoms with E-state index in [2.05, 4.69) is 18.7 Å². The minimum absolute atomic E-state index is 0.0747. The molecule has 0 unspecified atom stereocenters. The van der Waals surface area contributed by atoms with E-state index in [9.17, 15) is 9.18 Å². The zero-order chi connectivity index (χ0) is 15.5. The Labute approximate surface area is 129 Å². The molecule has 5 heteroatoms. The summed E-state index contributed by atoms with van der Waals surface area (Å²) < 4.78 is 19.2. The first-order valence-corrected chi connectivity index (χ1v) is 8.13. The Balaban J connectivity index is 1.99. The molecule has 1 saturated heterocycles. The Kier molecular flexibility index (Phi) is 5.27. The van der Waals surface area contributed by atoms with E-state index in [1.54, 1.807) is 12.1 Å². The van der Waals surface area contributed by atoms with Gasteiger partial charge in [0.05, 0.1) is 12.7 Å². The zero-order valence-electron chi connectivity index (χ0n) is 12.8. The van der Waals surface area contributed by atoms with Gasteiger partial charge in [0.15, 0.2) is 5.78 Å². The van der Waals surface area contributed by atoms with Crippen molar-refractivity contribution in [1.82, 2.24) is 4.90 Å². The van der Waals surface area contributed by atoms with Gasteiger partial charge >= 0.3 is 0 Å². The number of halogens is 1. The first-order valence-electron chi connectivity index (χ1n) is 7.15. The molecule has 0 bridgehead atoms. The van der Waals surface area contributed by atoms with Crippen molar-refractivity contribution in [3.05, 3.63) is 29.6 Å². The number of thioether (sulfide) groups is 1. The Morgan fingerprint density at radius 3 is 2.90 bits per heavy atom. The van der Waals surface area contributed by atoms with Crippen LogP contribution in [0.25, 0.3) is 0 Å². The Morgan fingerprint density at radius 1 is 1.48 bits per heavy atom. The number of hydrogen-bond donors (Lipinski definition) is 0. The average molecular weight is 311 g/mol. The van der Waals surface area contributed by atoms with Gasteiger partial charge in [-0.05, 0) is 26.0 Å².